The van der Waals surface area contributed by atoms with Gasteiger partial charge in [0.1, 0.15) is 19.3 Å². The van der Waals surface area contributed by atoms with Crippen LogP contribution in [0.1, 0.15) is 420 Å². The van der Waals surface area contributed by atoms with Gasteiger partial charge in [-0.3, -0.25) is 37.3 Å². The first-order valence-corrected chi connectivity index (χ1v) is 44.5. The Morgan fingerprint density at radius 3 is 0.768 bits per heavy atom. The Balaban J connectivity index is 5.22. The molecule has 99 heavy (non-hydrogen) atoms. The van der Waals surface area contributed by atoms with Crippen LogP contribution in [-0.4, -0.2) is 96.7 Å². The van der Waals surface area contributed by atoms with E-state index in [4.69, 9.17) is 37.0 Å². The fourth-order valence-electron chi connectivity index (χ4n) is 12.3. The first-order chi connectivity index (χ1) is 47.9. The largest absolute Gasteiger partial charge is 0.472 e. The molecular formula is C80H156O17P2. The number of phosphoric ester groups is 2. The molecule has 0 bridgehead atoms. The third kappa shape index (κ3) is 72.8. The van der Waals surface area contributed by atoms with Crippen LogP contribution in [0.2, 0.25) is 0 Å². The van der Waals surface area contributed by atoms with Gasteiger partial charge in [0.25, 0.3) is 0 Å². The quantitative estimate of drug-likeness (QED) is 0.0222. The lowest BCUT2D eigenvalue weighted by Gasteiger charge is -2.21. The monoisotopic (exact) mass is 1450 g/mol. The number of carbonyl (C=O) groups excluding carboxylic acids is 4. The van der Waals surface area contributed by atoms with Crippen molar-refractivity contribution >= 4 is 39.5 Å². The highest BCUT2D eigenvalue weighted by molar-refractivity contribution is 7.47. The van der Waals surface area contributed by atoms with Crippen LogP contribution in [0.25, 0.3) is 0 Å². The minimum atomic E-state index is -4.96. The average molecular weight is 1450 g/mol. The van der Waals surface area contributed by atoms with Crippen molar-refractivity contribution < 1.29 is 80.2 Å². The van der Waals surface area contributed by atoms with Gasteiger partial charge in [0, 0.05) is 25.7 Å². The molecule has 588 valence electrons. The summed E-state index contributed by atoms with van der Waals surface area (Å²) in [6, 6.07) is 0. The second-order valence-corrected chi connectivity index (χ2v) is 32.4. The third-order valence-corrected chi connectivity index (χ3v) is 21.0. The molecule has 19 heteroatoms. The van der Waals surface area contributed by atoms with E-state index in [1.54, 1.807) is 0 Å². The first kappa shape index (κ1) is 97.1. The van der Waals surface area contributed by atoms with Gasteiger partial charge < -0.3 is 33.8 Å². The van der Waals surface area contributed by atoms with E-state index >= 15 is 0 Å². The van der Waals surface area contributed by atoms with Gasteiger partial charge in [0.15, 0.2) is 12.2 Å². The Morgan fingerprint density at radius 2 is 0.515 bits per heavy atom. The molecule has 0 aliphatic heterocycles. The zero-order valence-corrected chi connectivity index (χ0v) is 66.6. The molecule has 0 saturated carbocycles. The summed E-state index contributed by atoms with van der Waals surface area (Å²) in [6.07, 6.45) is 61.1. The van der Waals surface area contributed by atoms with Gasteiger partial charge >= 0.3 is 39.5 Å². The van der Waals surface area contributed by atoms with Crippen molar-refractivity contribution in [3.05, 3.63) is 0 Å². The van der Waals surface area contributed by atoms with Crippen LogP contribution in [0.5, 0.6) is 0 Å². The highest BCUT2D eigenvalue weighted by Gasteiger charge is 2.30. The fraction of sp³-hybridized carbons (Fsp3) is 0.950. The number of phosphoric acid groups is 2. The normalized spacial score (nSPS) is 14.2. The molecule has 0 aliphatic rings. The molecule has 6 atom stereocenters. The van der Waals surface area contributed by atoms with Crippen molar-refractivity contribution in [3.8, 4) is 0 Å². The topological polar surface area (TPSA) is 237 Å². The van der Waals surface area contributed by atoms with E-state index in [0.717, 1.165) is 108 Å². The van der Waals surface area contributed by atoms with Crippen LogP contribution in [-0.2, 0) is 65.4 Å². The first-order valence-electron chi connectivity index (χ1n) is 41.5. The molecule has 0 aliphatic carbocycles. The molecule has 0 spiro atoms. The number of hydrogen-bond acceptors (Lipinski definition) is 15. The maximum absolute atomic E-state index is 13.1. The SMILES string of the molecule is CCCCCCCCCCCCCCCCCCCCCCCC(=O)O[C@H](COC(=O)CCCCCCCCCCCCCCCC(C)C)COP(=O)(O)OC[C@@H](O)COP(=O)(O)OC[C@@H](COC(=O)CCCCCCCCC(C)CC)OC(=O)CCCCCCCCCCCCCC. The molecule has 0 saturated heterocycles. The maximum atomic E-state index is 13.1. The summed E-state index contributed by atoms with van der Waals surface area (Å²) in [5.41, 5.74) is 0. The van der Waals surface area contributed by atoms with Gasteiger partial charge in [-0.25, -0.2) is 9.13 Å². The number of aliphatic hydroxyl groups is 1. The molecule has 0 heterocycles. The van der Waals surface area contributed by atoms with E-state index in [-0.39, 0.29) is 25.7 Å². The van der Waals surface area contributed by atoms with E-state index in [9.17, 15) is 43.2 Å². The number of esters is 4. The predicted molar refractivity (Wildman–Crippen MR) is 405 cm³/mol. The van der Waals surface area contributed by atoms with E-state index in [1.165, 1.54) is 231 Å². The van der Waals surface area contributed by atoms with Gasteiger partial charge in [0.05, 0.1) is 26.4 Å². The molecule has 0 amide bonds. The zero-order chi connectivity index (χ0) is 72.8. The molecule has 0 aromatic rings. The van der Waals surface area contributed by atoms with E-state index in [1.807, 2.05) is 0 Å². The molecule has 17 nitrogen and oxygen atoms in total. The highest BCUT2D eigenvalue weighted by atomic mass is 31.2. The number of hydrogen-bond donors (Lipinski definition) is 3. The Hall–Kier alpha value is -1.94. The molecule has 0 fully saturated rings. The molecule has 3 unspecified atom stereocenters. The van der Waals surface area contributed by atoms with Crippen LogP contribution in [0.4, 0.5) is 0 Å². The Labute approximate surface area is 607 Å². The lowest BCUT2D eigenvalue weighted by molar-refractivity contribution is -0.161. The van der Waals surface area contributed by atoms with Crippen LogP contribution >= 0.6 is 15.6 Å². The smallest absolute Gasteiger partial charge is 0.462 e. The molecular weight excluding hydrogens is 1290 g/mol. The summed E-state index contributed by atoms with van der Waals surface area (Å²) in [5, 5.41) is 10.6. The number of aliphatic hydroxyl groups excluding tert-OH is 1. The summed E-state index contributed by atoms with van der Waals surface area (Å²) in [4.78, 5) is 72.9. The lowest BCUT2D eigenvalue weighted by Crippen LogP contribution is -2.30. The number of carbonyl (C=O) groups is 4. The second kappa shape index (κ2) is 71.7. The van der Waals surface area contributed by atoms with Crippen LogP contribution in [0.15, 0.2) is 0 Å². The average Bonchev–Trinajstić information content (AvgIpc) is 1.03. The van der Waals surface area contributed by atoms with Crippen molar-refractivity contribution in [1.82, 2.24) is 0 Å². The summed E-state index contributed by atoms with van der Waals surface area (Å²) in [5.74, 6) is -0.589. The molecule has 0 radical (unpaired) electrons. The van der Waals surface area contributed by atoms with Crippen molar-refractivity contribution in [2.24, 2.45) is 11.8 Å². The predicted octanol–water partition coefficient (Wildman–Crippen LogP) is 23.9. The minimum Gasteiger partial charge on any atom is -0.462 e. The third-order valence-electron chi connectivity index (χ3n) is 19.1. The Morgan fingerprint density at radius 1 is 0.293 bits per heavy atom. The van der Waals surface area contributed by atoms with Gasteiger partial charge in [-0.15, -0.1) is 0 Å². The number of rotatable bonds is 79. The molecule has 0 aromatic carbocycles. The van der Waals surface area contributed by atoms with Crippen LogP contribution in [0.3, 0.4) is 0 Å². The van der Waals surface area contributed by atoms with E-state index in [0.29, 0.717) is 25.7 Å². The molecule has 0 rings (SSSR count). The standard InChI is InChI=1S/C80H156O17P2/c1-7-10-12-14-16-18-20-22-23-24-25-26-27-28-29-32-37-41-45-53-59-65-80(85)96-75(68-90-77(82)62-56-50-43-39-36-33-30-31-34-38-42-48-54-60-72(4)5)70-94-98(86,87)92-66-74(81)67-93-99(88,89)95-71-76(69-91-78(83)63-57-51-47-46-49-55-61-73(6)9-3)97-79(84)64-58-52-44-40-35-21-19-17-15-13-11-8-2/h72-76,81H,7-71H2,1-6H3,(H,86,87)(H,88,89)/t73?,74-,75-,76-/m1/s1. The van der Waals surface area contributed by atoms with Crippen molar-refractivity contribution in [2.45, 2.75) is 439 Å². The minimum absolute atomic E-state index is 0.107. The number of unbranched alkanes of at least 4 members (excludes halogenated alkanes) is 48. The molecule has 0 aromatic heterocycles. The zero-order valence-electron chi connectivity index (χ0n) is 64.8. The lowest BCUT2D eigenvalue weighted by atomic mass is 10.00. The highest BCUT2D eigenvalue weighted by Crippen LogP contribution is 2.45. The fourth-order valence-corrected chi connectivity index (χ4v) is 13.9. The summed E-state index contributed by atoms with van der Waals surface area (Å²) < 4.78 is 68.6. The second-order valence-electron chi connectivity index (χ2n) is 29.5. The van der Waals surface area contributed by atoms with Crippen molar-refractivity contribution in [3.63, 3.8) is 0 Å². The molecule has 3 N–H and O–H groups in total. The van der Waals surface area contributed by atoms with Crippen molar-refractivity contribution in [2.75, 3.05) is 39.6 Å². The summed E-state index contributed by atoms with van der Waals surface area (Å²) in [6.45, 7) is 9.60. The summed E-state index contributed by atoms with van der Waals surface area (Å²) >= 11 is 0. The summed E-state index contributed by atoms with van der Waals surface area (Å²) in [7, 11) is -9.92. The van der Waals surface area contributed by atoms with E-state index in [2.05, 4.69) is 41.5 Å². The maximum Gasteiger partial charge on any atom is 0.472 e. The Bertz CT molecular complexity index is 1910. The van der Waals surface area contributed by atoms with Gasteiger partial charge in [0.2, 0.25) is 0 Å². The van der Waals surface area contributed by atoms with Crippen LogP contribution in [0, 0.1) is 11.8 Å². The van der Waals surface area contributed by atoms with E-state index < -0.39 is 97.5 Å². The van der Waals surface area contributed by atoms with Gasteiger partial charge in [-0.2, -0.15) is 0 Å². The van der Waals surface area contributed by atoms with Crippen molar-refractivity contribution in [1.29, 1.82) is 0 Å². The van der Waals surface area contributed by atoms with Crippen LogP contribution < -0.4 is 0 Å². The van der Waals surface area contributed by atoms with Gasteiger partial charge in [-0.05, 0) is 37.5 Å². The Kier molecular flexibility index (Phi) is 70.3. The number of ether oxygens (including phenoxy) is 4. The van der Waals surface area contributed by atoms with Gasteiger partial charge in [-0.1, -0.05) is 369 Å².